The summed E-state index contributed by atoms with van der Waals surface area (Å²) in [6, 6.07) is 0. The molecule has 1 heterocycles. The molecule has 1 aliphatic carbocycles. The van der Waals surface area contributed by atoms with Crippen LogP contribution in [-0.2, 0) is 4.74 Å². The van der Waals surface area contributed by atoms with Gasteiger partial charge in [-0.25, -0.2) is 0 Å². The van der Waals surface area contributed by atoms with Crippen molar-refractivity contribution in [3.8, 4) is 0 Å². The number of hydrogen-bond acceptors (Lipinski definition) is 3. The van der Waals surface area contributed by atoms with Crippen LogP contribution >= 0.6 is 0 Å². The predicted molar refractivity (Wildman–Crippen MR) is 64.2 cm³/mol. The van der Waals surface area contributed by atoms with E-state index in [9.17, 15) is 5.11 Å². The summed E-state index contributed by atoms with van der Waals surface area (Å²) in [5.41, 5.74) is 5.22. The van der Waals surface area contributed by atoms with Crippen LogP contribution in [0.5, 0.6) is 0 Å². The molecule has 2 aliphatic rings. The van der Waals surface area contributed by atoms with E-state index in [0.29, 0.717) is 13.2 Å². The average Bonchev–Trinajstić information content (AvgIpc) is 2.56. The van der Waals surface area contributed by atoms with Crippen molar-refractivity contribution in [2.75, 3.05) is 19.8 Å². The van der Waals surface area contributed by atoms with E-state index in [1.54, 1.807) is 0 Å². The first kappa shape index (κ1) is 12.3. The summed E-state index contributed by atoms with van der Waals surface area (Å²) in [4.78, 5) is 0. The molecule has 0 aromatic carbocycles. The molecule has 94 valence electrons. The summed E-state index contributed by atoms with van der Waals surface area (Å²) in [6.45, 7) is 2.04. The molecule has 1 unspecified atom stereocenters. The minimum absolute atomic E-state index is 0.171. The largest absolute Gasteiger partial charge is 0.389 e. The van der Waals surface area contributed by atoms with Crippen molar-refractivity contribution in [3.05, 3.63) is 0 Å². The fourth-order valence-electron chi connectivity index (χ4n) is 3.41. The molecule has 1 saturated heterocycles. The summed E-state index contributed by atoms with van der Waals surface area (Å²) >= 11 is 0. The van der Waals surface area contributed by atoms with Gasteiger partial charge in [0.1, 0.15) is 0 Å². The Bertz CT molecular complexity index is 216. The minimum Gasteiger partial charge on any atom is -0.389 e. The van der Waals surface area contributed by atoms with Crippen molar-refractivity contribution < 1.29 is 9.84 Å². The molecular weight excluding hydrogens is 202 g/mol. The quantitative estimate of drug-likeness (QED) is 0.708. The Morgan fingerprint density at radius 1 is 1.00 bits per heavy atom. The molecule has 2 fully saturated rings. The second-order valence-corrected chi connectivity index (χ2v) is 5.59. The topological polar surface area (TPSA) is 55.5 Å². The SMILES string of the molecule is NCC1(C2(O)CCCCCC2)CCCOC1. The van der Waals surface area contributed by atoms with Crippen molar-refractivity contribution in [1.29, 1.82) is 0 Å². The lowest BCUT2D eigenvalue weighted by Gasteiger charge is -2.48. The van der Waals surface area contributed by atoms with E-state index in [-0.39, 0.29) is 5.41 Å². The van der Waals surface area contributed by atoms with Crippen molar-refractivity contribution in [3.63, 3.8) is 0 Å². The molecule has 1 atom stereocenters. The molecule has 16 heavy (non-hydrogen) atoms. The van der Waals surface area contributed by atoms with Gasteiger partial charge in [0.2, 0.25) is 0 Å². The number of aliphatic hydroxyl groups is 1. The van der Waals surface area contributed by atoms with Gasteiger partial charge in [0.05, 0.1) is 12.2 Å². The van der Waals surface area contributed by atoms with Crippen LogP contribution in [-0.4, -0.2) is 30.5 Å². The zero-order valence-electron chi connectivity index (χ0n) is 10.2. The normalized spacial score (nSPS) is 35.6. The smallest absolute Gasteiger partial charge is 0.0737 e. The fourth-order valence-corrected chi connectivity index (χ4v) is 3.41. The molecule has 0 spiro atoms. The molecule has 1 saturated carbocycles. The van der Waals surface area contributed by atoms with Crippen molar-refractivity contribution in [2.24, 2.45) is 11.1 Å². The molecule has 3 nitrogen and oxygen atoms in total. The molecule has 0 aromatic rings. The van der Waals surface area contributed by atoms with E-state index in [2.05, 4.69) is 0 Å². The van der Waals surface area contributed by atoms with Gasteiger partial charge >= 0.3 is 0 Å². The van der Waals surface area contributed by atoms with Crippen LogP contribution in [0, 0.1) is 5.41 Å². The van der Waals surface area contributed by atoms with Gasteiger partial charge in [-0.1, -0.05) is 25.7 Å². The van der Waals surface area contributed by atoms with E-state index in [4.69, 9.17) is 10.5 Å². The highest BCUT2D eigenvalue weighted by Crippen LogP contribution is 2.45. The lowest BCUT2D eigenvalue weighted by molar-refractivity contribution is -0.150. The lowest BCUT2D eigenvalue weighted by atomic mass is 9.65. The maximum atomic E-state index is 11.0. The van der Waals surface area contributed by atoms with Crippen molar-refractivity contribution in [2.45, 2.75) is 57.0 Å². The maximum Gasteiger partial charge on any atom is 0.0737 e. The molecule has 0 aromatic heterocycles. The first-order chi connectivity index (χ1) is 7.72. The second-order valence-electron chi connectivity index (χ2n) is 5.59. The van der Waals surface area contributed by atoms with Crippen LogP contribution in [0.25, 0.3) is 0 Å². The highest BCUT2D eigenvalue weighted by Gasteiger charge is 2.49. The maximum absolute atomic E-state index is 11.0. The summed E-state index contributed by atoms with van der Waals surface area (Å²) < 4.78 is 5.60. The van der Waals surface area contributed by atoms with Gasteiger partial charge in [-0.3, -0.25) is 0 Å². The fraction of sp³-hybridized carbons (Fsp3) is 1.00. The molecular formula is C13H25NO2. The highest BCUT2D eigenvalue weighted by atomic mass is 16.5. The van der Waals surface area contributed by atoms with Crippen LogP contribution < -0.4 is 5.73 Å². The summed E-state index contributed by atoms with van der Waals surface area (Å²) in [5.74, 6) is 0. The van der Waals surface area contributed by atoms with Crippen LogP contribution in [0.3, 0.4) is 0 Å². The Hall–Kier alpha value is -0.120. The lowest BCUT2D eigenvalue weighted by Crippen LogP contribution is -2.56. The van der Waals surface area contributed by atoms with E-state index < -0.39 is 5.60 Å². The Kier molecular flexibility index (Phi) is 3.88. The number of rotatable bonds is 2. The Labute approximate surface area is 98.4 Å². The van der Waals surface area contributed by atoms with Crippen LogP contribution in [0.15, 0.2) is 0 Å². The van der Waals surface area contributed by atoms with Gasteiger partial charge in [-0.2, -0.15) is 0 Å². The summed E-state index contributed by atoms with van der Waals surface area (Å²) in [7, 11) is 0. The van der Waals surface area contributed by atoms with Crippen LogP contribution in [0.4, 0.5) is 0 Å². The van der Waals surface area contributed by atoms with E-state index in [0.717, 1.165) is 45.1 Å². The van der Waals surface area contributed by atoms with Gasteiger partial charge in [0.15, 0.2) is 0 Å². The summed E-state index contributed by atoms with van der Waals surface area (Å²) in [5, 5.41) is 11.0. The third kappa shape index (κ3) is 2.13. The first-order valence-corrected chi connectivity index (χ1v) is 6.73. The molecule has 1 aliphatic heterocycles. The van der Waals surface area contributed by atoms with Crippen molar-refractivity contribution in [1.82, 2.24) is 0 Å². The van der Waals surface area contributed by atoms with Crippen LogP contribution in [0.2, 0.25) is 0 Å². The first-order valence-electron chi connectivity index (χ1n) is 6.73. The van der Waals surface area contributed by atoms with Gasteiger partial charge < -0.3 is 15.6 Å². The summed E-state index contributed by atoms with van der Waals surface area (Å²) in [6.07, 6.45) is 8.67. The van der Waals surface area contributed by atoms with Crippen molar-refractivity contribution >= 4 is 0 Å². The zero-order chi connectivity index (χ0) is 11.5. The zero-order valence-corrected chi connectivity index (χ0v) is 10.2. The average molecular weight is 227 g/mol. The van der Waals surface area contributed by atoms with Crippen LogP contribution in [0.1, 0.15) is 51.4 Å². The third-order valence-electron chi connectivity index (χ3n) is 4.63. The molecule has 0 bridgehead atoms. The Morgan fingerprint density at radius 3 is 2.19 bits per heavy atom. The standard InChI is InChI=1S/C13H25NO2/c14-10-12(6-5-9-16-11-12)13(15)7-3-1-2-4-8-13/h15H,1-11,14H2. The Balaban J connectivity index is 2.16. The highest BCUT2D eigenvalue weighted by molar-refractivity contribution is 5.01. The van der Waals surface area contributed by atoms with Gasteiger partial charge in [0, 0.05) is 18.6 Å². The molecule has 0 radical (unpaired) electrons. The second kappa shape index (κ2) is 5.03. The molecule has 0 amide bonds. The molecule has 3 heteroatoms. The Morgan fingerprint density at radius 2 is 1.69 bits per heavy atom. The third-order valence-corrected chi connectivity index (χ3v) is 4.63. The van der Waals surface area contributed by atoms with E-state index >= 15 is 0 Å². The molecule has 3 N–H and O–H groups in total. The number of ether oxygens (including phenoxy) is 1. The molecule has 2 rings (SSSR count). The number of hydrogen-bond donors (Lipinski definition) is 2. The van der Waals surface area contributed by atoms with E-state index in [1.807, 2.05) is 0 Å². The predicted octanol–water partition coefficient (Wildman–Crippen LogP) is 1.83. The van der Waals surface area contributed by atoms with Gasteiger partial charge in [-0.15, -0.1) is 0 Å². The van der Waals surface area contributed by atoms with Gasteiger partial charge in [0.25, 0.3) is 0 Å². The monoisotopic (exact) mass is 227 g/mol. The number of nitrogens with two attached hydrogens (primary N) is 1. The van der Waals surface area contributed by atoms with E-state index in [1.165, 1.54) is 12.8 Å². The van der Waals surface area contributed by atoms with Gasteiger partial charge in [-0.05, 0) is 25.7 Å². The minimum atomic E-state index is -0.571.